The molecule has 0 spiro atoms. The Labute approximate surface area is 412 Å². The second-order valence-electron chi connectivity index (χ2n) is 22.0. The third-order valence-corrected chi connectivity index (χ3v) is 13.9. The molecule has 9 aromatic carbocycles. The van der Waals surface area contributed by atoms with Crippen molar-refractivity contribution < 1.29 is 0 Å². The Morgan fingerprint density at radius 2 is 0.986 bits per heavy atom. The van der Waals surface area contributed by atoms with Gasteiger partial charge in [-0.1, -0.05) is 208 Å². The Balaban J connectivity index is 1.43. The largest absolute Gasteiger partial charge is 0.310 e. The summed E-state index contributed by atoms with van der Waals surface area (Å²) in [6, 6.07) is 59.5. The van der Waals surface area contributed by atoms with Gasteiger partial charge in [-0.05, 0) is 146 Å². The highest BCUT2D eigenvalue weighted by Gasteiger charge is 2.28. The zero-order valence-corrected chi connectivity index (χ0v) is 42.9. The Bertz CT molecular complexity index is 3410. The summed E-state index contributed by atoms with van der Waals surface area (Å²) in [5.41, 5.74) is 17.7. The van der Waals surface area contributed by atoms with Gasteiger partial charge < -0.3 is 9.80 Å². The second kappa shape index (κ2) is 18.1. The molecule has 0 heterocycles. The molecule has 9 rings (SSSR count). The average molecular weight is 901 g/mol. The smallest absolute Gasteiger partial charge is 0.0561 e. The number of rotatable bonds is 10. The summed E-state index contributed by atoms with van der Waals surface area (Å²) in [5, 5.41) is 7.42. The van der Waals surface area contributed by atoms with Crippen molar-refractivity contribution in [2.75, 3.05) is 9.80 Å². The first kappa shape index (κ1) is 46.9. The summed E-state index contributed by atoms with van der Waals surface area (Å²) >= 11 is 0. The van der Waals surface area contributed by atoms with Crippen molar-refractivity contribution >= 4 is 60.8 Å². The highest BCUT2D eigenvalue weighted by molar-refractivity contribution is 6.29. The molecule has 9 aromatic rings. The van der Waals surface area contributed by atoms with E-state index in [1.165, 1.54) is 82.4 Å². The van der Waals surface area contributed by atoms with Crippen LogP contribution in [0.2, 0.25) is 0 Å². The molecule has 69 heavy (non-hydrogen) atoms. The van der Waals surface area contributed by atoms with Crippen molar-refractivity contribution in [3.63, 3.8) is 0 Å². The van der Waals surface area contributed by atoms with Crippen LogP contribution in [0, 0.1) is 13.8 Å². The van der Waals surface area contributed by atoms with Gasteiger partial charge in [0.05, 0.1) is 11.4 Å². The summed E-state index contributed by atoms with van der Waals surface area (Å²) in [5.74, 6) is 0. The topological polar surface area (TPSA) is 6.48 Å². The molecule has 0 radical (unpaired) electrons. The van der Waals surface area contributed by atoms with Gasteiger partial charge in [0, 0.05) is 38.9 Å². The van der Waals surface area contributed by atoms with Crippen LogP contribution < -0.4 is 9.80 Å². The van der Waals surface area contributed by atoms with Gasteiger partial charge in [-0.2, -0.15) is 0 Å². The highest BCUT2D eigenvalue weighted by Crippen LogP contribution is 2.52. The van der Waals surface area contributed by atoms with Gasteiger partial charge in [0.1, 0.15) is 0 Å². The number of anilines is 5. The van der Waals surface area contributed by atoms with Gasteiger partial charge in [-0.3, -0.25) is 0 Å². The standard InChI is InChI=1S/C67H68N2/c1-14-23-51(24-15-2)68(59-41-46(33-31-44(59)3)53-27-19-21-29-57(53)66(8,9)10)61-43-62(56-38-36-49-40-50(65(5,6)7)39-48-35-37-55(61)64(56)63(48)49)69(52-25-17-16-18-26-52)60-42-47(34-32-45(60)4)54-28-20-22-30-58(54)67(11,12)13/h14-43H,1H2,2-13H3/b24-15-,51-23+. The number of para-hydroxylation sites is 1. The van der Waals surface area contributed by atoms with Gasteiger partial charge in [0.25, 0.3) is 0 Å². The van der Waals surface area contributed by atoms with Gasteiger partial charge in [-0.25, -0.2) is 0 Å². The number of allylic oxidation sites excluding steroid dienone is 4. The van der Waals surface area contributed by atoms with Crippen LogP contribution in [0.1, 0.15) is 97.1 Å². The predicted octanol–water partition coefficient (Wildman–Crippen LogP) is 19.7. The van der Waals surface area contributed by atoms with Crippen LogP contribution in [0.5, 0.6) is 0 Å². The van der Waals surface area contributed by atoms with Crippen LogP contribution in [0.15, 0.2) is 194 Å². The zero-order chi connectivity index (χ0) is 49.0. The number of hydrogen-bond donors (Lipinski definition) is 0. The van der Waals surface area contributed by atoms with E-state index in [2.05, 4.69) is 275 Å². The number of hydrogen-bond acceptors (Lipinski definition) is 2. The van der Waals surface area contributed by atoms with Crippen molar-refractivity contribution in [3.8, 4) is 22.3 Å². The van der Waals surface area contributed by atoms with Crippen molar-refractivity contribution in [2.45, 2.75) is 99.3 Å². The monoisotopic (exact) mass is 901 g/mol. The molecular formula is C67H68N2. The van der Waals surface area contributed by atoms with Crippen LogP contribution in [-0.2, 0) is 16.2 Å². The van der Waals surface area contributed by atoms with E-state index in [0.717, 1.165) is 34.1 Å². The quantitative estimate of drug-likeness (QED) is 0.0997. The summed E-state index contributed by atoms with van der Waals surface area (Å²) in [6.07, 6.45) is 8.43. The minimum absolute atomic E-state index is 0.0130. The van der Waals surface area contributed by atoms with Crippen LogP contribution in [0.4, 0.5) is 28.4 Å². The zero-order valence-electron chi connectivity index (χ0n) is 42.9. The molecule has 0 saturated carbocycles. The summed E-state index contributed by atoms with van der Waals surface area (Å²) in [4.78, 5) is 5.00. The van der Waals surface area contributed by atoms with E-state index in [-0.39, 0.29) is 16.2 Å². The predicted molar refractivity (Wildman–Crippen MR) is 303 cm³/mol. The van der Waals surface area contributed by atoms with E-state index >= 15 is 0 Å². The van der Waals surface area contributed by atoms with Crippen LogP contribution >= 0.6 is 0 Å². The third kappa shape index (κ3) is 8.79. The molecular weight excluding hydrogens is 833 g/mol. The van der Waals surface area contributed by atoms with Gasteiger partial charge in [-0.15, -0.1) is 0 Å². The summed E-state index contributed by atoms with van der Waals surface area (Å²) < 4.78 is 0. The lowest BCUT2D eigenvalue weighted by Gasteiger charge is -2.34. The van der Waals surface area contributed by atoms with E-state index in [1.54, 1.807) is 0 Å². The van der Waals surface area contributed by atoms with E-state index < -0.39 is 0 Å². The first-order valence-corrected chi connectivity index (χ1v) is 24.7. The molecule has 0 N–H and O–H groups in total. The van der Waals surface area contributed by atoms with Crippen LogP contribution in [0.3, 0.4) is 0 Å². The minimum Gasteiger partial charge on any atom is -0.310 e. The second-order valence-corrected chi connectivity index (χ2v) is 22.0. The molecule has 2 nitrogen and oxygen atoms in total. The van der Waals surface area contributed by atoms with E-state index in [0.29, 0.717) is 0 Å². The molecule has 2 heteroatoms. The average Bonchev–Trinajstić information content (AvgIpc) is 3.32. The lowest BCUT2D eigenvalue weighted by atomic mass is 9.81. The maximum Gasteiger partial charge on any atom is 0.0561 e. The number of aryl methyl sites for hydroxylation is 2. The molecule has 0 bridgehead atoms. The Hall–Kier alpha value is -7.16. The van der Waals surface area contributed by atoms with Crippen molar-refractivity contribution in [1.82, 2.24) is 0 Å². The first-order chi connectivity index (χ1) is 32.9. The molecule has 0 saturated heterocycles. The summed E-state index contributed by atoms with van der Waals surface area (Å²) in [7, 11) is 0. The highest BCUT2D eigenvalue weighted by atomic mass is 15.2. The van der Waals surface area contributed by atoms with Gasteiger partial charge in [0.2, 0.25) is 0 Å². The Morgan fingerprint density at radius 3 is 1.51 bits per heavy atom. The normalized spacial score (nSPS) is 12.7. The fraction of sp³-hybridized carbons (Fsp3) is 0.224. The fourth-order valence-electron chi connectivity index (χ4n) is 10.4. The maximum absolute atomic E-state index is 4.28. The first-order valence-electron chi connectivity index (χ1n) is 24.7. The van der Waals surface area contributed by atoms with Gasteiger partial charge >= 0.3 is 0 Å². The third-order valence-electron chi connectivity index (χ3n) is 13.9. The molecule has 0 amide bonds. The van der Waals surface area contributed by atoms with Crippen molar-refractivity contribution in [1.29, 1.82) is 0 Å². The van der Waals surface area contributed by atoms with Crippen LogP contribution in [-0.4, -0.2) is 0 Å². The van der Waals surface area contributed by atoms with Crippen molar-refractivity contribution in [2.24, 2.45) is 0 Å². The van der Waals surface area contributed by atoms with Crippen molar-refractivity contribution in [3.05, 3.63) is 222 Å². The minimum atomic E-state index is -0.0425. The molecule has 0 aromatic heterocycles. The molecule has 0 unspecified atom stereocenters. The molecule has 0 aliphatic carbocycles. The van der Waals surface area contributed by atoms with Gasteiger partial charge in [0.15, 0.2) is 0 Å². The van der Waals surface area contributed by atoms with Crippen LogP contribution in [0.25, 0.3) is 54.6 Å². The lowest BCUT2D eigenvalue weighted by Crippen LogP contribution is -2.19. The Morgan fingerprint density at radius 1 is 0.478 bits per heavy atom. The molecule has 0 aliphatic rings. The van der Waals surface area contributed by atoms with E-state index in [1.807, 2.05) is 6.08 Å². The molecule has 346 valence electrons. The number of benzene rings is 9. The maximum atomic E-state index is 4.28. The molecule has 0 atom stereocenters. The molecule has 0 aliphatic heterocycles. The summed E-state index contributed by atoms with van der Waals surface area (Å²) in [6.45, 7) is 31.7. The SMILES string of the molecule is C=C/C=C(\C=C/C)N(c1cc(-c2ccccc2C(C)(C)C)ccc1C)c1cc(N(c2ccccc2)c2cc(-c3ccccc3C(C)(C)C)ccc2C)c2ccc3cc(C(C)(C)C)cc4ccc1c2c43. The fourth-order valence-corrected chi connectivity index (χ4v) is 10.4. The number of nitrogens with zero attached hydrogens (tertiary/aromatic N) is 2. The van der Waals surface area contributed by atoms with E-state index in [4.69, 9.17) is 0 Å². The Kier molecular flexibility index (Phi) is 12.3. The van der Waals surface area contributed by atoms with E-state index in [9.17, 15) is 0 Å². The lowest BCUT2D eigenvalue weighted by molar-refractivity contribution is 0.591. The molecule has 0 fully saturated rings.